The van der Waals surface area contributed by atoms with Crippen molar-refractivity contribution in [2.24, 2.45) is 10.8 Å². The predicted molar refractivity (Wildman–Crippen MR) is 225 cm³/mol. The summed E-state index contributed by atoms with van der Waals surface area (Å²) in [4.78, 5) is 65.6. The summed E-state index contributed by atoms with van der Waals surface area (Å²) in [6, 6.07) is 9.68. The van der Waals surface area contributed by atoms with Gasteiger partial charge >= 0.3 is 30.2 Å². The Hall–Kier alpha value is -4.63. The third kappa shape index (κ3) is 17.6. The van der Waals surface area contributed by atoms with Gasteiger partial charge in [0.25, 0.3) is 0 Å². The molecule has 1 saturated carbocycles. The minimum atomic E-state index is -0.214. The minimum absolute atomic E-state index is 0.0162. The van der Waals surface area contributed by atoms with Gasteiger partial charge in [0.05, 0.1) is 10.0 Å². The molecule has 10 amide bonds. The minimum Gasteiger partial charge on any atom is -0.337 e. The molecule has 17 heteroatoms. The Morgan fingerprint density at radius 3 is 1.55 bits per heavy atom. The second-order valence-electron chi connectivity index (χ2n) is 15.8. The van der Waals surface area contributed by atoms with Crippen molar-refractivity contribution in [1.29, 1.82) is 0 Å². The van der Waals surface area contributed by atoms with Crippen LogP contribution in [0.15, 0.2) is 36.4 Å². The second-order valence-corrected chi connectivity index (χ2v) is 16.6. The van der Waals surface area contributed by atoms with Crippen LogP contribution in [-0.2, 0) is 0 Å². The zero-order valence-electron chi connectivity index (χ0n) is 34.9. The summed E-state index contributed by atoms with van der Waals surface area (Å²) in [7, 11) is 17.0. The first-order valence-electron chi connectivity index (χ1n) is 17.7. The lowest BCUT2D eigenvalue weighted by Gasteiger charge is -2.47. The molecule has 0 bridgehead atoms. The lowest BCUT2D eigenvalue weighted by molar-refractivity contribution is 0.0724. The summed E-state index contributed by atoms with van der Waals surface area (Å²) in [6.45, 7) is 9.17. The molecule has 0 saturated heterocycles. The first-order chi connectivity index (χ1) is 25.3. The maximum atomic E-state index is 11.9. The largest absolute Gasteiger partial charge is 0.337 e. The van der Waals surface area contributed by atoms with Gasteiger partial charge in [0.1, 0.15) is 0 Å². The number of carbonyl (C=O) groups is 5. The van der Waals surface area contributed by atoms with Crippen molar-refractivity contribution in [2.45, 2.75) is 53.0 Å². The maximum Gasteiger partial charge on any atom is 0.321 e. The predicted octanol–water partition coefficient (Wildman–Crippen LogP) is 7.38. The van der Waals surface area contributed by atoms with Gasteiger partial charge in [0.2, 0.25) is 0 Å². The highest BCUT2D eigenvalue weighted by molar-refractivity contribution is 6.42. The van der Waals surface area contributed by atoms with Gasteiger partial charge in [-0.25, -0.2) is 24.0 Å². The SMILES string of the molecule is CN(C)C(=O)NCC1(C)CC(NC(=O)N(C)C)CC(C)(C)C1.CN(C)C(=O)Nc1ccc(Cl)c(Cl)c1.Cc1ccc(NC(=O)N(C)C)cc1NC(=O)N(C)C. The zero-order valence-corrected chi connectivity index (χ0v) is 36.4. The lowest BCUT2D eigenvalue weighted by Crippen LogP contribution is -2.52. The smallest absolute Gasteiger partial charge is 0.321 e. The van der Waals surface area contributed by atoms with Crippen molar-refractivity contribution < 1.29 is 24.0 Å². The van der Waals surface area contributed by atoms with Crippen LogP contribution < -0.4 is 26.6 Å². The maximum absolute atomic E-state index is 11.9. The summed E-state index contributed by atoms with van der Waals surface area (Å²) in [5, 5.41) is 15.1. The molecule has 3 rings (SSSR count). The number of aryl methyl sites for hydroxylation is 1. The number of amides is 10. The molecule has 308 valence electrons. The van der Waals surface area contributed by atoms with Crippen molar-refractivity contribution in [2.75, 3.05) is 93.0 Å². The van der Waals surface area contributed by atoms with Crippen LogP contribution in [0.3, 0.4) is 0 Å². The van der Waals surface area contributed by atoms with Gasteiger partial charge in [-0.05, 0) is 72.9 Å². The van der Waals surface area contributed by atoms with Crippen LogP contribution in [0.1, 0.15) is 45.6 Å². The molecule has 2 unspecified atom stereocenters. The van der Waals surface area contributed by atoms with Crippen LogP contribution in [0.2, 0.25) is 10.0 Å². The summed E-state index contributed by atoms with van der Waals surface area (Å²) in [5.74, 6) is 0. The highest BCUT2D eigenvalue weighted by atomic mass is 35.5. The molecule has 1 aliphatic carbocycles. The van der Waals surface area contributed by atoms with Crippen molar-refractivity contribution >= 4 is 70.4 Å². The molecular weight excluding hydrogens is 747 g/mol. The van der Waals surface area contributed by atoms with E-state index in [1.807, 2.05) is 13.0 Å². The molecule has 2 aromatic rings. The first-order valence-corrected chi connectivity index (χ1v) is 18.4. The fraction of sp³-hybridized carbons (Fsp3) is 0.553. The van der Waals surface area contributed by atoms with Gasteiger partial charge < -0.3 is 51.1 Å². The average molecular weight is 810 g/mol. The van der Waals surface area contributed by atoms with E-state index in [4.69, 9.17) is 23.2 Å². The van der Waals surface area contributed by atoms with Crippen LogP contribution in [0.5, 0.6) is 0 Å². The normalized spacial score (nSPS) is 16.6. The molecule has 0 aliphatic heterocycles. The molecule has 0 aromatic heterocycles. The number of anilines is 3. The van der Waals surface area contributed by atoms with Crippen molar-refractivity contribution in [3.8, 4) is 0 Å². The summed E-state index contributed by atoms with van der Waals surface area (Å²) >= 11 is 11.5. The van der Waals surface area contributed by atoms with Gasteiger partial charge in [0.15, 0.2) is 0 Å². The Bertz CT molecular complexity index is 1630. The molecule has 1 aliphatic rings. The fourth-order valence-corrected chi connectivity index (χ4v) is 6.03. The number of rotatable bonds is 6. The van der Waals surface area contributed by atoms with E-state index >= 15 is 0 Å². The highest BCUT2D eigenvalue weighted by Gasteiger charge is 2.42. The molecule has 0 spiro atoms. The molecule has 15 nitrogen and oxygen atoms in total. The third-order valence-electron chi connectivity index (χ3n) is 8.37. The number of nitrogens with zero attached hydrogens (tertiary/aromatic N) is 5. The first kappa shape index (κ1) is 48.4. The van der Waals surface area contributed by atoms with E-state index in [-0.39, 0.29) is 47.0 Å². The van der Waals surface area contributed by atoms with Crippen molar-refractivity contribution in [3.05, 3.63) is 52.0 Å². The Kier molecular flexibility index (Phi) is 18.9. The Morgan fingerprint density at radius 2 is 1.07 bits per heavy atom. The van der Waals surface area contributed by atoms with E-state index in [1.54, 1.807) is 111 Å². The van der Waals surface area contributed by atoms with Gasteiger partial charge in [-0.15, -0.1) is 0 Å². The van der Waals surface area contributed by atoms with Crippen LogP contribution >= 0.6 is 23.2 Å². The molecule has 1 fully saturated rings. The number of hydrogen-bond acceptors (Lipinski definition) is 5. The number of urea groups is 5. The second kappa shape index (κ2) is 21.5. The fourth-order valence-electron chi connectivity index (χ4n) is 5.73. The molecule has 0 heterocycles. The molecule has 0 radical (unpaired) electrons. The lowest BCUT2D eigenvalue weighted by atomic mass is 9.62. The quantitative estimate of drug-likeness (QED) is 0.206. The van der Waals surface area contributed by atoms with Gasteiger partial charge in [-0.3, -0.25) is 0 Å². The number of halogens is 2. The van der Waals surface area contributed by atoms with E-state index in [9.17, 15) is 24.0 Å². The number of nitrogens with one attached hydrogen (secondary N) is 5. The summed E-state index contributed by atoms with van der Waals surface area (Å²) in [5.41, 5.74) is 2.99. The number of benzene rings is 2. The highest BCUT2D eigenvalue weighted by Crippen LogP contribution is 2.45. The average Bonchev–Trinajstić information content (AvgIpc) is 3.06. The Labute approximate surface area is 337 Å². The van der Waals surface area contributed by atoms with E-state index in [2.05, 4.69) is 47.4 Å². The van der Waals surface area contributed by atoms with Crippen molar-refractivity contribution in [3.63, 3.8) is 0 Å². The van der Waals surface area contributed by atoms with Crippen LogP contribution in [0.4, 0.5) is 41.0 Å². The monoisotopic (exact) mass is 808 g/mol. The third-order valence-corrected chi connectivity index (χ3v) is 9.11. The van der Waals surface area contributed by atoms with E-state index < -0.39 is 0 Å². The van der Waals surface area contributed by atoms with E-state index in [0.717, 1.165) is 24.8 Å². The van der Waals surface area contributed by atoms with E-state index in [0.29, 0.717) is 33.7 Å². The Balaban J connectivity index is 0.000000422. The van der Waals surface area contributed by atoms with Gasteiger partial charge in [-0.2, -0.15) is 0 Å². The summed E-state index contributed by atoms with van der Waals surface area (Å²) < 4.78 is 0. The topological polar surface area (TPSA) is 162 Å². The zero-order chi connectivity index (χ0) is 42.4. The Morgan fingerprint density at radius 1 is 0.618 bits per heavy atom. The summed E-state index contributed by atoms with van der Waals surface area (Å²) in [6.07, 6.45) is 2.87. The molecule has 55 heavy (non-hydrogen) atoms. The van der Waals surface area contributed by atoms with Gasteiger partial charge in [0, 0.05) is 100 Å². The molecule has 5 N–H and O–H groups in total. The number of hydrogen-bond donors (Lipinski definition) is 5. The molecule has 2 atom stereocenters. The molecular formula is C38H62Cl2N10O5. The van der Waals surface area contributed by atoms with Crippen LogP contribution in [-0.4, -0.2) is 138 Å². The standard InChI is InChI=1S/C16H32N4O2.C13H20N4O2.C9H10Cl2N2O/c1-15(2)8-12(18-14(22)20(6)7)9-16(3,10-15)11-17-13(21)19(4)5;1-9-6-7-10(14-12(18)16(2)3)8-11(9)15-13(19)17(4)5;1-13(2)9(14)12-6-3-4-7(10)8(11)5-6/h12H,8-11H2,1-7H3,(H,17,21)(H,18,22);6-8H,1-5H3,(H,14,18)(H,15,19);3-5H,1-2H3,(H,12,14). The van der Waals surface area contributed by atoms with Crippen LogP contribution in [0, 0.1) is 17.8 Å². The van der Waals surface area contributed by atoms with Crippen LogP contribution in [0.25, 0.3) is 0 Å². The van der Waals surface area contributed by atoms with Gasteiger partial charge in [-0.1, -0.05) is 50.0 Å². The number of carbonyl (C=O) groups excluding carboxylic acids is 5. The van der Waals surface area contributed by atoms with E-state index in [1.165, 1.54) is 14.7 Å². The molecule has 2 aromatic carbocycles. The van der Waals surface area contributed by atoms with Crippen molar-refractivity contribution in [1.82, 2.24) is 35.1 Å².